The van der Waals surface area contributed by atoms with E-state index in [4.69, 9.17) is 11.6 Å². The number of aromatic nitrogens is 1. The minimum atomic E-state index is -0.538. The lowest BCUT2D eigenvalue weighted by Gasteiger charge is -2.17. The van der Waals surface area contributed by atoms with Gasteiger partial charge in [0.2, 0.25) is 5.91 Å². The number of hydrogen-bond donors (Lipinski definition) is 0. The largest absolute Gasteiger partial charge is 0.343 e. The highest BCUT2D eigenvalue weighted by molar-refractivity contribution is 7.99. The van der Waals surface area contributed by atoms with Crippen LogP contribution < -0.4 is 0 Å². The van der Waals surface area contributed by atoms with Crippen LogP contribution in [0.4, 0.5) is 5.69 Å². The summed E-state index contributed by atoms with van der Waals surface area (Å²) in [6.45, 7) is 5.07. The highest BCUT2D eigenvalue weighted by atomic mass is 35.5. The van der Waals surface area contributed by atoms with Crippen molar-refractivity contribution in [1.29, 1.82) is 0 Å². The van der Waals surface area contributed by atoms with E-state index in [1.807, 2.05) is 13.8 Å². The molecule has 0 saturated carbocycles. The first kappa shape index (κ1) is 15.7. The third-order valence-electron chi connectivity index (χ3n) is 2.43. The van der Waals surface area contributed by atoms with Gasteiger partial charge in [0.15, 0.2) is 0 Å². The van der Waals surface area contributed by atoms with Crippen molar-refractivity contribution in [2.24, 2.45) is 0 Å². The maximum Gasteiger partial charge on any atom is 0.275 e. The number of amides is 1. The number of carbonyl (C=O) groups is 1. The Morgan fingerprint density at radius 3 is 2.63 bits per heavy atom. The fraction of sp³-hybridized carbons (Fsp3) is 0.455. The molecule has 1 aromatic heterocycles. The molecule has 1 aromatic rings. The quantitative estimate of drug-likeness (QED) is 0.349. The van der Waals surface area contributed by atoms with Crippen molar-refractivity contribution in [1.82, 2.24) is 9.88 Å². The smallest absolute Gasteiger partial charge is 0.275 e. The first-order chi connectivity index (χ1) is 8.97. The summed E-state index contributed by atoms with van der Waals surface area (Å²) in [4.78, 5) is 27.6. The van der Waals surface area contributed by atoms with Gasteiger partial charge >= 0.3 is 0 Å². The molecule has 0 fully saturated rings. The Bertz CT molecular complexity index is 480. The Kier molecular flexibility index (Phi) is 6.04. The van der Waals surface area contributed by atoms with E-state index in [2.05, 4.69) is 4.98 Å². The minimum absolute atomic E-state index is 0.0283. The third-order valence-corrected chi connectivity index (χ3v) is 3.52. The Balaban J connectivity index is 2.72. The summed E-state index contributed by atoms with van der Waals surface area (Å²) in [5.41, 5.74) is -0.127. The Hall–Kier alpha value is -1.34. The lowest BCUT2D eigenvalue weighted by atomic mass is 10.4. The molecular formula is C11H14ClN3O3S. The predicted octanol–water partition coefficient (Wildman–Crippen LogP) is 2.60. The van der Waals surface area contributed by atoms with Crippen LogP contribution in [0.1, 0.15) is 13.8 Å². The van der Waals surface area contributed by atoms with E-state index in [1.54, 1.807) is 4.90 Å². The Morgan fingerprint density at radius 1 is 1.47 bits per heavy atom. The molecule has 0 bridgehead atoms. The van der Waals surface area contributed by atoms with E-state index in [9.17, 15) is 14.9 Å². The first-order valence-corrected chi connectivity index (χ1v) is 7.06. The zero-order valence-corrected chi connectivity index (χ0v) is 12.2. The van der Waals surface area contributed by atoms with Crippen molar-refractivity contribution in [3.05, 3.63) is 27.4 Å². The highest BCUT2D eigenvalue weighted by Crippen LogP contribution is 2.24. The van der Waals surface area contributed by atoms with Crippen LogP contribution in [0, 0.1) is 10.1 Å². The number of nitro groups is 1. The monoisotopic (exact) mass is 303 g/mol. The molecule has 8 heteroatoms. The molecule has 6 nitrogen and oxygen atoms in total. The predicted molar refractivity (Wildman–Crippen MR) is 74.6 cm³/mol. The van der Waals surface area contributed by atoms with Crippen molar-refractivity contribution in [2.75, 3.05) is 18.8 Å². The number of pyridine rings is 1. The van der Waals surface area contributed by atoms with Crippen LogP contribution in [0.15, 0.2) is 17.2 Å². The SMILES string of the molecule is CCN(CC)C(=O)CSc1cc([N+](=O)[O-])cc(Cl)n1. The van der Waals surface area contributed by atoms with Crippen molar-refractivity contribution in [2.45, 2.75) is 18.9 Å². The first-order valence-electron chi connectivity index (χ1n) is 5.70. The molecule has 0 atom stereocenters. The van der Waals surface area contributed by atoms with E-state index >= 15 is 0 Å². The molecule has 0 radical (unpaired) electrons. The normalized spacial score (nSPS) is 10.3. The number of nitrogens with zero attached hydrogens (tertiary/aromatic N) is 3. The number of hydrogen-bond acceptors (Lipinski definition) is 5. The summed E-state index contributed by atoms with van der Waals surface area (Å²) < 4.78 is 0. The minimum Gasteiger partial charge on any atom is -0.343 e. The van der Waals surface area contributed by atoms with Crippen LogP contribution in [0.3, 0.4) is 0 Å². The van der Waals surface area contributed by atoms with E-state index in [1.165, 1.54) is 12.1 Å². The fourth-order valence-electron chi connectivity index (χ4n) is 1.44. The van der Waals surface area contributed by atoms with Crippen molar-refractivity contribution >= 4 is 35.0 Å². The lowest BCUT2D eigenvalue weighted by molar-refractivity contribution is -0.385. The maximum atomic E-state index is 11.8. The second-order valence-corrected chi connectivity index (χ2v) is 4.98. The summed E-state index contributed by atoms with van der Waals surface area (Å²) in [6.07, 6.45) is 0. The third kappa shape index (κ3) is 4.68. The van der Waals surface area contributed by atoms with Gasteiger partial charge in [-0.1, -0.05) is 23.4 Å². The van der Waals surface area contributed by atoms with Gasteiger partial charge in [-0.3, -0.25) is 14.9 Å². The second kappa shape index (κ2) is 7.30. The standard InChI is InChI=1S/C11H14ClN3O3S/c1-3-14(4-2)11(16)7-19-10-6-8(15(17)18)5-9(12)13-10/h5-6H,3-4,7H2,1-2H3. The van der Waals surface area contributed by atoms with Gasteiger partial charge in [0.1, 0.15) is 10.2 Å². The zero-order chi connectivity index (χ0) is 14.4. The van der Waals surface area contributed by atoms with E-state index in [-0.39, 0.29) is 22.5 Å². The molecule has 0 aromatic carbocycles. The van der Waals surface area contributed by atoms with Crippen LogP contribution in [0.5, 0.6) is 0 Å². The van der Waals surface area contributed by atoms with E-state index in [0.29, 0.717) is 18.1 Å². The maximum absolute atomic E-state index is 11.8. The van der Waals surface area contributed by atoms with Gasteiger partial charge < -0.3 is 4.90 Å². The molecule has 0 spiro atoms. The summed E-state index contributed by atoms with van der Waals surface area (Å²) in [5, 5.41) is 11.1. The summed E-state index contributed by atoms with van der Waals surface area (Å²) >= 11 is 6.84. The van der Waals surface area contributed by atoms with Crippen LogP contribution in [0.2, 0.25) is 5.15 Å². The molecule has 0 N–H and O–H groups in total. The summed E-state index contributed by atoms with van der Waals surface area (Å²) in [6, 6.07) is 2.49. The fourth-order valence-corrected chi connectivity index (χ4v) is 2.52. The number of rotatable bonds is 6. The molecular weight excluding hydrogens is 290 g/mol. The van der Waals surface area contributed by atoms with E-state index < -0.39 is 4.92 Å². The van der Waals surface area contributed by atoms with Crippen LogP contribution >= 0.6 is 23.4 Å². The molecule has 0 aliphatic carbocycles. The van der Waals surface area contributed by atoms with Crippen molar-refractivity contribution < 1.29 is 9.72 Å². The molecule has 1 rings (SSSR count). The lowest BCUT2D eigenvalue weighted by Crippen LogP contribution is -2.31. The van der Waals surface area contributed by atoms with Gasteiger partial charge in [-0.2, -0.15) is 0 Å². The average Bonchev–Trinajstić information content (AvgIpc) is 2.37. The number of thioether (sulfide) groups is 1. The summed E-state index contributed by atoms with van der Waals surface area (Å²) in [7, 11) is 0. The van der Waals surface area contributed by atoms with Gasteiger partial charge in [-0.15, -0.1) is 0 Å². The molecule has 19 heavy (non-hydrogen) atoms. The highest BCUT2D eigenvalue weighted by Gasteiger charge is 2.14. The van der Waals surface area contributed by atoms with Crippen molar-refractivity contribution in [3.63, 3.8) is 0 Å². The molecule has 1 amide bonds. The molecule has 1 heterocycles. The molecule has 0 saturated heterocycles. The molecule has 0 aliphatic rings. The van der Waals surface area contributed by atoms with Gasteiger partial charge in [0.25, 0.3) is 5.69 Å². The van der Waals surface area contributed by atoms with Crippen LogP contribution in [-0.4, -0.2) is 39.6 Å². The zero-order valence-electron chi connectivity index (χ0n) is 10.6. The molecule has 104 valence electrons. The second-order valence-electron chi connectivity index (χ2n) is 3.60. The molecule has 0 unspecified atom stereocenters. The van der Waals surface area contributed by atoms with Gasteiger partial charge in [0.05, 0.1) is 16.7 Å². The van der Waals surface area contributed by atoms with Crippen LogP contribution in [0.25, 0.3) is 0 Å². The number of halogens is 1. The Labute approximate surface area is 120 Å². The average molecular weight is 304 g/mol. The molecule has 0 aliphatic heterocycles. The Morgan fingerprint density at radius 2 is 2.11 bits per heavy atom. The van der Waals surface area contributed by atoms with Crippen molar-refractivity contribution in [3.8, 4) is 0 Å². The van der Waals surface area contributed by atoms with Gasteiger partial charge in [0, 0.05) is 19.2 Å². The van der Waals surface area contributed by atoms with Crippen LogP contribution in [-0.2, 0) is 4.79 Å². The summed E-state index contributed by atoms with van der Waals surface area (Å²) in [5.74, 6) is 0.158. The topological polar surface area (TPSA) is 76.3 Å². The number of carbonyl (C=O) groups excluding carboxylic acids is 1. The van der Waals surface area contributed by atoms with Gasteiger partial charge in [-0.25, -0.2) is 4.98 Å². The van der Waals surface area contributed by atoms with Gasteiger partial charge in [-0.05, 0) is 13.8 Å². The van der Waals surface area contributed by atoms with E-state index in [0.717, 1.165) is 11.8 Å².